The second kappa shape index (κ2) is 10.2. The van der Waals surface area contributed by atoms with Crippen LogP contribution in [0.1, 0.15) is 5.56 Å². The number of carbonyl (C=O) groups excluding carboxylic acids is 1. The molecule has 6 nitrogen and oxygen atoms in total. The van der Waals surface area contributed by atoms with E-state index in [0.717, 1.165) is 0 Å². The molecule has 0 aliphatic heterocycles. The first-order chi connectivity index (χ1) is 15.3. The van der Waals surface area contributed by atoms with Crippen LogP contribution in [0.3, 0.4) is 0 Å². The van der Waals surface area contributed by atoms with Crippen molar-refractivity contribution < 1.29 is 17.6 Å². The minimum atomic E-state index is -3.72. The van der Waals surface area contributed by atoms with Crippen molar-refractivity contribution in [3.05, 3.63) is 96.3 Å². The van der Waals surface area contributed by atoms with Gasteiger partial charge in [-0.15, -0.1) is 0 Å². The van der Waals surface area contributed by atoms with Crippen LogP contribution in [0.5, 0.6) is 0 Å². The molecule has 2 N–H and O–H groups in total. The van der Waals surface area contributed by atoms with E-state index in [1.807, 2.05) is 6.07 Å². The number of rotatable bonds is 6. The van der Waals surface area contributed by atoms with E-state index in [4.69, 9.17) is 12.2 Å². The van der Waals surface area contributed by atoms with Crippen molar-refractivity contribution in [2.75, 3.05) is 16.7 Å². The molecular weight excluding hydrogens is 449 g/mol. The van der Waals surface area contributed by atoms with Gasteiger partial charge in [-0.05, 0) is 72.4 Å². The fourth-order valence-corrected chi connectivity index (χ4v) is 4.12. The van der Waals surface area contributed by atoms with Crippen LogP contribution in [0, 0.1) is 5.82 Å². The number of amides is 1. The predicted octanol–water partition coefficient (Wildman–Crippen LogP) is 4.18. The summed E-state index contributed by atoms with van der Waals surface area (Å²) in [6.45, 7) is 0. The molecule has 0 saturated heterocycles. The summed E-state index contributed by atoms with van der Waals surface area (Å²) in [6.07, 6.45) is 2.80. The zero-order chi connectivity index (χ0) is 23.1. The third kappa shape index (κ3) is 5.99. The number of sulfonamides is 1. The Morgan fingerprint density at radius 2 is 1.59 bits per heavy atom. The molecule has 32 heavy (non-hydrogen) atoms. The fraction of sp³-hybridized carbons (Fsp3) is 0.0435. The van der Waals surface area contributed by atoms with Crippen LogP contribution in [0.25, 0.3) is 6.08 Å². The molecule has 1 amide bonds. The number of para-hydroxylation sites is 1. The van der Waals surface area contributed by atoms with Crippen molar-refractivity contribution in [1.82, 2.24) is 5.32 Å². The molecule has 3 rings (SSSR count). The average molecular weight is 470 g/mol. The third-order valence-corrected chi connectivity index (χ3v) is 6.43. The minimum absolute atomic E-state index is 0.0516. The van der Waals surface area contributed by atoms with Crippen molar-refractivity contribution in [1.29, 1.82) is 0 Å². The molecule has 0 aromatic heterocycles. The Kier molecular flexibility index (Phi) is 7.34. The van der Waals surface area contributed by atoms with Gasteiger partial charge < -0.3 is 5.32 Å². The number of anilines is 2. The van der Waals surface area contributed by atoms with Crippen LogP contribution in [0.4, 0.5) is 15.8 Å². The lowest BCUT2D eigenvalue weighted by Gasteiger charge is -2.19. The first-order valence-electron chi connectivity index (χ1n) is 9.45. The Bertz CT molecular complexity index is 1230. The highest BCUT2D eigenvalue weighted by atomic mass is 32.2. The summed E-state index contributed by atoms with van der Waals surface area (Å²) in [5, 5.41) is 5.37. The molecule has 0 atom stereocenters. The molecule has 3 aromatic carbocycles. The number of thiocarbonyl (C=S) groups is 1. The van der Waals surface area contributed by atoms with Crippen LogP contribution in [-0.2, 0) is 14.8 Å². The molecule has 0 bridgehead atoms. The fourth-order valence-electron chi connectivity index (χ4n) is 2.71. The van der Waals surface area contributed by atoms with Gasteiger partial charge >= 0.3 is 0 Å². The lowest BCUT2D eigenvalue weighted by Crippen LogP contribution is -2.32. The van der Waals surface area contributed by atoms with E-state index >= 15 is 0 Å². The van der Waals surface area contributed by atoms with Gasteiger partial charge in [-0.3, -0.25) is 14.4 Å². The Hall–Kier alpha value is -3.56. The molecular formula is C23H20FN3O3S2. The highest BCUT2D eigenvalue weighted by molar-refractivity contribution is 7.92. The van der Waals surface area contributed by atoms with Crippen molar-refractivity contribution in [3.63, 3.8) is 0 Å². The maximum atomic E-state index is 12.9. The number of nitrogens with zero attached hydrogens (tertiary/aromatic N) is 1. The van der Waals surface area contributed by atoms with Crippen molar-refractivity contribution in [3.8, 4) is 0 Å². The van der Waals surface area contributed by atoms with E-state index in [1.54, 1.807) is 48.5 Å². The molecule has 0 aliphatic carbocycles. The van der Waals surface area contributed by atoms with Crippen LogP contribution in [0.15, 0.2) is 89.8 Å². The summed E-state index contributed by atoms with van der Waals surface area (Å²) in [6, 6.07) is 20.4. The van der Waals surface area contributed by atoms with E-state index in [0.29, 0.717) is 16.9 Å². The van der Waals surface area contributed by atoms with E-state index in [9.17, 15) is 17.6 Å². The Balaban J connectivity index is 1.59. The average Bonchev–Trinajstić information content (AvgIpc) is 2.79. The highest BCUT2D eigenvalue weighted by Gasteiger charge is 2.21. The van der Waals surface area contributed by atoms with E-state index in [2.05, 4.69) is 10.6 Å². The zero-order valence-electron chi connectivity index (χ0n) is 17.0. The first-order valence-corrected chi connectivity index (χ1v) is 11.3. The van der Waals surface area contributed by atoms with Gasteiger partial charge in [0.1, 0.15) is 5.82 Å². The molecule has 0 radical (unpaired) electrons. The van der Waals surface area contributed by atoms with Gasteiger partial charge in [-0.1, -0.05) is 30.3 Å². The quantitative estimate of drug-likeness (QED) is 0.418. The van der Waals surface area contributed by atoms with Gasteiger partial charge in [0.05, 0.1) is 10.6 Å². The molecule has 0 aliphatic rings. The summed E-state index contributed by atoms with van der Waals surface area (Å²) in [5.74, 6) is -0.821. The smallest absolute Gasteiger partial charge is 0.264 e. The van der Waals surface area contributed by atoms with Gasteiger partial charge in [-0.25, -0.2) is 12.8 Å². The normalized spacial score (nSPS) is 11.2. The summed E-state index contributed by atoms with van der Waals surface area (Å²) in [5.41, 5.74) is 1.73. The van der Waals surface area contributed by atoms with Gasteiger partial charge in [-0.2, -0.15) is 0 Å². The number of nitrogens with one attached hydrogen (secondary N) is 2. The lowest BCUT2D eigenvalue weighted by atomic mass is 10.2. The highest BCUT2D eigenvalue weighted by Crippen LogP contribution is 2.22. The molecule has 0 heterocycles. The van der Waals surface area contributed by atoms with E-state index in [-0.39, 0.29) is 15.8 Å². The Morgan fingerprint density at radius 1 is 0.969 bits per heavy atom. The van der Waals surface area contributed by atoms with E-state index < -0.39 is 15.9 Å². The number of halogens is 1. The standard InChI is InChI=1S/C23H20FN3O3S2/c1-27(20-5-3-2-4-6-20)32(29,30)21-14-12-19(13-15-21)25-23(31)26-22(28)16-9-17-7-10-18(24)11-8-17/h2-16H,1H3,(H2,25,26,28,31). The zero-order valence-corrected chi connectivity index (χ0v) is 18.7. The maximum absolute atomic E-state index is 12.9. The van der Waals surface area contributed by atoms with E-state index in [1.165, 1.54) is 47.8 Å². The van der Waals surface area contributed by atoms with Crippen LogP contribution >= 0.6 is 12.2 Å². The topological polar surface area (TPSA) is 78.5 Å². The number of hydrogen-bond donors (Lipinski definition) is 2. The molecule has 0 saturated carbocycles. The van der Waals surface area contributed by atoms with Gasteiger partial charge in [0.15, 0.2) is 5.11 Å². The van der Waals surface area contributed by atoms with Gasteiger partial charge in [0, 0.05) is 18.8 Å². The van der Waals surface area contributed by atoms with Crippen LogP contribution in [0.2, 0.25) is 0 Å². The molecule has 3 aromatic rings. The molecule has 0 spiro atoms. The lowest BCUT2D eigenvalue weighted by molar-refractivity contribution is -0.115. The molecule has 164 valence electrons. The summed E-state index contributed by atoms with van der Waals surface area (Å²) in [7, 11) is -2.24. The number of benzene rings is 3. The van der Waals surface area contributed by atoms with Crippen LogP contribution < -0.4 is 14.9 Å². The first kappa shape index (κ1) is 23.1. The number of hydrogen-bond acceptors (Lipinski definition) is 4. The minimum Gasteiger partial charge on any atom is -0.332 e. The summed E-state index contributed by atoms with van der Waals surface area (Å²) < 4.78 is 39.7. The third-order valence-electron chi connectivity index (χ3n) is 4.42. The maximum Gasteiger partial charge on any atom is 0.264 e. The SMILES string of the molecule is CN(c1ccccc1)S(=O)(=O)c1ccc(NC(=S)NC(=O)C=Cc2ccc(F)cc2)cc1. The summed E-state index contributed by atoms with van der Waals surface area (Å²) in [4.78, 5) is 12.1. The Labute approximate surface area is 191 Å². The van der Waals surface area contributed by atoms with Crippen molar-refractivity contribution in [2.24, 2.45) is 0 Å². The predicted molar refractivity (Wildman–Crippen MR) is 128 cm³/mol. The molecule has 0 fully saturated rings. The van der Waals surface area contributed by atoms with Gasteiger partial charge in [0.25, 0.3) is 10.0 Å². The van der Waals surface area contributed by atoms with Crippen LogP contribution in [-0.4, -0.2) is 26.5 Å². The molecule has 9 heteroatoms. The monoisotopic (exact) mass is 469 g/mol. The Morgan fingerprint density at radius 3 is 2.22 bits per heavy atom. The number of carbonyl (C=O) groups is 1. The molecule has 0 unspecified atom stereocenters. The van der Waals surface area contributed by atoms with Crippen molar-refractivity contribution in [2.45, 2.75) is 4.90 Å². The second-order valence-electron chi connectivity index (χ2n) is 6.66. The van der Waals surface area contributed by atoms with Crippen molar-refractivity contribution >= 4 is 50.7 Å². The largest absolute Gasteiger partial charge is 0.332 e. The van der Waals surface area contributed by atoms with Gasteiger partial charge in [0.2, 0.25) is 5.91 Å². The summed E-state index contributed by atoms with van der Waals surface area (Å²) >= 11 is 5.12. The second-order valence-corrected chi connectivity index (χ2v) is 9.04.